The average Bonchev–Trinajstić information content (AvgIpc) is 2.17. The van der Waals surface area contributed by atoms with E-state index in [9.17, 15) is 21.6 Å². The lowest BCUT2D eigenvalue weighted by atomic mass is 10.3. The number of nitrogens with one attached hydrogen (secondary N) is 1. The monoisotopic (exact) mass is 260 g/mol. The molecule has 0 unspecified atom stereocenters. The lowest BCUT2D eigenvalue weighted by molar-refractivity contribution is -0.137. The maximum atomic E-state index is 12.1. The van der Waals surface area contributed by atoms with E-state index in [-0.39, 0.29) is 0 Å². The van der Waals surface area contributed by atoms with Crippen LogP contribution in [0, 0.1) is 0 Å². The number of sulfonamides is 1. The van der Waals surface area contributed by atoms with Crippen molar-refractivity contribution < 1.29 is 21.6 Å². The summed E-state index contributed by atoms with van der Waals surface area (Å²) in [7, 11) is -4.02. The Morgan fingerprint density at radius 3 is 2.27 bits per heavy atom. The zero-order chi connectivity index (χ0) is 11.7. The largest absolute Gasteiger partial charge is 0.417 e. The summed E-state index contributed by atoms with van der Waals surface area (Å²) in [6, 6.07) is 1.32. The molecule has 0 saturated carbocycles. The van der Waals surface area contributed by atoms with Gasteiger partial charge in [-0.3, -0.25) is 0 Å². The van der Waals surface area contributed by atoms with Crippen molar-refractivity contribution in [2.24, 2.45) is 0 Å². The van der Waals surface area contributed by atoms with Crippen LogP contribution >= 0.6 is 11.8 Å². The Kier molecular flexibility index (Phi) is 3.22. The minimum Gasteiger partial charge on any atom is -0.243 e. The summed E-state index contributed by atoms with van der Waals surface area (Å²) >= 11 is 4.86. The molecule has 0 radical (unpaired) electrons. The summed E-state index contributed by atoms with van der Waals surface area (Å²) in [5.41, 5.74) is -1.03. The molecular weight excluding hydrogens is 257 g/mol. The molecule has 0 aliphatic heterocycles. The van der Waals surface area contributed by atoms with Crippen molar-refractivity contribution in [3.8, 4) is 0 Å². The molecule has 0 aromatic carbocycles. The molecule has 1 N–H and O–H groups in total. The van der Waals surface area contributed by atoms with Gasteiger partial charge in [0.25, 0.3) is 10.0 Å². The Morgan fingerprint density at radius 1 is 1.33 bits per heavy atom. The molecule has 9 heteroatoms. The minimum absolute atomic E-state index is 0.418. The van der Waals surface area contributed by atoms with Gasteiger partial charge in [-0.2, -0.15) is 13.2 Å². The van der Waals surface area contributed by atoms with Crippen molar-refractivity contribution in [2.75, 3.05) is 0 Å². The molecule has 0 aliphatic carbocycles. The zero-order valence-corrected chi connectivity index (χ0v) is 8.49. The second-order valence-electron chi connectivity index (χ2n) is 2.46. The topological polar surface area (TPSA) is 59.1 Å². The zero-order valence-electron chi connectivity index (χ0n) is 6.92. The summed E-state index contributed by atoms with van der Waals surface area (Å²) in [6.45, 7) is 0. The third kappa shape index (κ3) is 2.80. The fourth-order valence-electron chi connectivity index (χ4n) is 0.746. The highest BCUT2D eigenvalue weighted by molar-refractivity contribution is 7.90. The van der Waals surface area contributed by atoms with Crippen molar-refractivity contribution in [3.05, 3.63) is 23.9 Å². The number of pyridine rings is 1. The highest BCUT2D eigenvalue weighted by Crippen LogP contribution is 2.28. The molecule has 0 fully saturated rings. The molecule has 84 valence electrons. The van der Waals surface area contributed by atoms with E-state index < -0.39 is 26.8 Å². The Labute approximate surface area is 88.2 Å². The van der Waals surface area contributed by atoms with Gasteiger partial charge in [0.05, 0.1) is 5.56 Å². The fourth-order valence-corrected chi connectivity index (χ4v) is 1.50. The molecule has 15 heavy (non-hydrogen) atoms. The normalized spacial score (nSPS) is 12.8. The number of halogens is 4. The van der Waals surface area contributed by atoms with Gasteiger partial charge < -0.3 is 0 Å². The quantitative estimate of drug-likeness (QED) is 0.821. The first-order valence-corrected chi connectivity index (χ1v) is 5.29. The molecule has 0 atom stereocenters. The average molecular weight is 261 g/mol. The van der Waals surface area contributed by atoms with Crippen LogP contribution in [0.1, 0.15) is 5.56 Å². The summed E-state index contributed by atoms with van der Waals surface area (Å²) in [6.07, 6.45) is -4.13. The molecule has 0 spiro atoms. The minimum atomic E-state index is -4.55. The Bertz CT molecular complexity index is 442. The second kappa shape index (κ2) is 3.95. The third-order valence-corrected chi connectivity index (χ3v) is 3.05. The lowest BCUT2D eigenvalue weighted by Crippen LogP contribution is -2.16. The van der Waals surface area contributed by atoms with Gasteiger partial charge >= 0.3 is 6.18 Å². The van der Waals surface area contributed by atoms with Crippen LogP contribution in [0.5, 0.6) is 0 Å². The molecule has 1 heterocycles. The number of alkyl halides is 3. The number of rotatable bonds is 2. The Morgan fingerprint density at radius 2 is 1.93 bits per heavy atom. The van der Waals surface area contributed by atoms with Crippen LogP contribution in [0.2, 0.25) is 0 Å². The van der Waals surface area contributed by atoms with Gasteiger partial charge in [0.15, 0.2) is 5.03 Å². The van der Waals surface area contributed by atoms with Crippen LogP contribution in [0.25, 0.3) is 0 Å². The maximum Gasteiger partial charge on any atom is 0.417 e. The van der Waals surface area contributed by atoms with E-state index in [2.05, 4.69) is 4.98 Å². The van der Waals surface area contributed by atoms with Gasteiger partial charge in [-0.1, -0.05) is 0 Å². The summed E-state index contributed by atoms with van der Waals surface area (Å²) in [5, 5.41) is -0.578. The Balaban J connectivity index is 3.12. The summed E-state index contributed by atoms with van der Waals surface area (Å²) in [4.78, 5) is 3.13. The van der Waals surface area contributed by atoms with Crippen LogP contribution in [0.15, 0.2) is 23.4 Å². The molecule has 4 nitrogen and oxygen atoms in total. The first-order valence-electron chi connectivity index (χ1n) is 3.43. The molecule has 1 rings (SSSR count). The van der Waals surface area contributed by atoms with E-state index in [1.54, 1.807) is 0 Å². The molecule has 1 aromatic heterocycles. The van der Waals surface area contributed by atoms with Gasteiger partial charge in [0.2, 0.25) is 0 Å². The van der Waals surface area contributed by atoms with Crippen LogP contribution in [0.3, 0.4) is 0 Å². The van der Waals surface area contributed by atoms with E-state index >= 15 is 0 Å². The summed E-state index contributed by atoms with van der Waals surface area (Å²) in [5.74, 6) is 0. The van der Waals surface area contributed by atoms with Gasteiger partial charge in [0.1, 0.15) is 0 Å². The maximum absolute atomic E-state index is 12.1. The van der Waals surface area contributed by atoms with E-state index in [1.807, 2.05) is 0 Å². The van der Waals surface area contributed by atoms with E-state index in [1.165, 1.54) is 4.24 Å². The van der Waals surface area contributed by atoms with Gasteiger partial charge in [0, 0.05) is 6.20 Å². The first kappa shape index (κ1) is 12.2. The van der Waals surface area contributed by atoms with Crippen molar-refractivity contribution >= 4 is 21.8 Å². The van der Waals surface area contributed by atoms with E-state index in [0.29, 0.717) is 18.3 Å². The van der Waals surface area contributed by atoms with Crippen molar-refractivity contribution in [3.63, 3.8) is 0 Å². The molecular formula is C6H4ClF3N2O2S. The van der Waals surface area contributed by atoms with Crippen molar-refractivity contribution in [2.45, 2.75) is 11.2 Å². The Hall–Kier alpha value is -0.860. The van der Waals surface area contributed by atoms with E-state index in [0.717, 1.165) is 0 Å². The number of nitrogens with zero attached hydrogens (tertiary/aromatic N) is 1. The number of hydrogen-bond donors (Lipinski definition) is 1. The number of aromatic nitrogens is 1. The molecule has 0 aliphatic rings. The van der Waals surface area contributed by atoms with E-state index in [4.69, 9.17) is 11.8 Å². The summed E-state index contributed by atoms with van der Waals surface area (Å²) < 4.78 is 59.6. The first-order chi connectivity index (χ1) is 6.77. The molecule has 0 amide bonds. The van der Waals surface area contributed by atoms with Crippen LogP contribution in [-0.4, -0.2) is 13.4 Å². The lowest BCUT2D eigenvalue weighted by Gasteiger charge is -2.06. The molecule has 0 saturated heterocycles. The highest BCUT2D eigenvalue weighted by atomic mass is 35.5. The van der Waals surface area contributed by atoms with Crippen molar-refractivity contribution in [1.82, 2.24) is 9.23 Å². The second-order valence-corrected chi connectivity index (χ2v) is 4.51. The van der Waals surface area contributed by atoms with Gasteiger partial charge in [-0.15, -0.1) is 4.24 Å². The molecule has 0 bridgehead atoms. The van der Waals surface area contributed by atoms with Gasteiger partial charge in [-0.25, -0.2) is 13.4 Å². The highest BCUT2D eigenvalue weighted by Gasteiger charge is 2.31. The standard InChI is InChI=1S/C6H4ClF3N2O2S/c7-12-15(13,14)5-2-1-4(3-11-5)6(8,9)10/h1-3,12H. The van der Waals surface area contributed by atoms with Gasteiger partial charge in [-0.05, 0) is 23.9 Å². The van der Waals surface area contributed by atoms with Crippen molar-refractivity contribution in [1.29, 1.82) is 0 Å². The fraction of sp³-hybridized carbons (Fsp3) is 0.167. The van der Waals surface area contributed by atoms with Crippen LogP contribution < -0.4 is 4.24 Å². The predicted molar refractivity (Wildman–Crippen MR) is 45.4 cm³/mol. The SMILES string of the molecule is O=S(=O)(NCl)c1ccc(C(F)(F)F)cn1. The molecule has 1 aromatic rings. The third-order valence-electron chi connectivity index (χ3n) is 1.44. The van der Waals surface area contributed by atoms with Crippen LogP contribution in [0.4, 0.5) is 13.2 Å². The van der Waals surface area contributed by atoms with Crippen LogP contribution in [-0.2, 0) is 16.2 Å². The number of hydrogen-bond acceptors (Lipinski definition) is 3. The predicted octanol–water partition coefficient (Wildman–Crippen LogP) is 1.53. The smallest absolute Gasteiger partial charge is 0.243 e.